The molecule has 0 radical (unpaired) electrons. The van der Waals surface area contributed by atoms with Crippen molar-refractivity contribution in [3.63, 3.8) is 0 Å². The molecule has 1 aliphatic rings. The molecule has 1 aliphatic carbocycles. The van der Waals surface area contributed by atoms with Crippen LogP contribution < -0.4 is 0 Å². The zero-order valence-corrected chi connectivity index (χ0v) is 16.3. The number of carbonyl (C=O) groups is 1. The number of aromatic nitrogens is 2. The van der Waals surface area contributed by atoms with Crippen molar-refractivity contribution < 1.29 is 9.18 Å². The van der Waals surface area contributed by atoms with Crippen LogP contribution in [0, 0.1) is 5.95 Å². The van der Waals surface area contributed by atoms with E-state index in [1.54, 1.807) is 12.3 Å². The lowest BCUT2D eigenvalue weighted by Crippen LogP contribution is -2.40. The number of halogens is 1. The molecular weight excluding hydrogens is 375 g/mol. The number of carbonyl (C=O) groups excluding carboxylic acids is 1. The molecule has 0 amide bonds. The molecule has 0 aliphatic heterocycles. The molecule has 2 aromatic heterocycles. The number of benzene rings is 2. The lowest BCUT2D eigenvalue weighted by Gasteiger charge is -2.40. The molecule has 0 saturated carbocycles. The maximum Gasteiger partial charge on any atom is 0.213 e. The topological polar surface area (TPSA) is 42.9 Å². The Balaban J connectivity index is 1.79. The number of hydrogen-bond acceptors (Lipinski definition) is 3. The lowest BCUT2D eigenvalue weighted by atomic mass is 9.62. The van der Waals surface area contributed by atoms with Crippen molar-refractivity contribution in [2.75, 3.05) is 0 Å². The highest BCUT2D eigenvalue weighted by molar-refractivity contribution is 6.13. The summed E-state index contributed by atoms with van der Waals surface area (Å²) in [5.41, 5.74) is 4.21. The lowest BCUT2D eigenvalue weighted by molar-refractivity contribution is 0.102. The molecule has 3 nitrogen and oxygen atoms in total. The van der Waals surface area contributed by atoms with Gasteiger partial charge in [-0.05, 0) is 35.4 Å². The van der Waals surface area contributed by atoms with Gasteiger partial charge in [-0.3, -0.25) is 9.78 Å². The summed E-state index contributed by atoms with van der Waals surface area (Å²) < 4.78 is 13.9. The maximum absolute atomic E-state index is 13.9. The zero-order valence-electron chi connectivity index (χ0n) is 16.3. The van der Waals surface area contributed by atoms with E-state index in [2.05, 4.69) is 9.97 Å². The smallest absolute Gasteiger partial charge is 0.213 e. The van der Waals surface area contributed by atoms with Gasteiger partial charge < -0.3 is 0 Å². The van der Waals surface area contributed by atoms with Crippen LogP contribution in [0.15, 0.2) is 91.1 Å². The molecule has 0 unspecified atom stereocenters. The normalized spacial score (nSPS) is 14.1. The SMILES string of the molecule is O=C1c2ccccc2C(Cc2ccccn2)(Cc2cccc(F)n2)c2ccccc21. The van der Waals surface area contributed by atoms with Crippen molar-refractivity contribution in [1.29, 1.82) is 0 Å². The van der Waals surface area contributed by atoms with Gasteiger partial charge in [-0.25, -0.2) is 4.98 Å². The molecule has 0 N–H and O–H groups in total. The van der Waals surface area contributed by atoms with Crippen LogP contribution in [0.1, 0.15) is 38.4 Å². The average Bonchev–Trinajstić information content (AvgIpc) is 2.78. The number of nitrogens with zero attached hydrogens (tertiary/aromatic N) is 2. The second-order valence-electron chi connectivity index (χ2n) is 7.63. The van der Waals surface area contributed by atoms with Crippen LogP contribution >= 0.6 is 0 Å². The minimum absolute atomic E-state index is 0.0186. The van der Waals surface area contributed by atoms with E-state index >= 15 is 0 Å². The van der Waals surface area contributed by atoms with E-state index in [0.29, 0.717) is 29.7 Å². The Kier molecular flexibility index (Phi) is 4.47. The first kappa shape index (κ1) is 18.4. The standard InChI is InChI=1S/C26H19FN2O/c27-24-14-7-9-19(29-24)17-26(16-18-8-5-6-15-28-18)22-12-3-1-10-20(22)25(30)21-11-2-4-13-23(21)26/h1-15H,16-17H2. The fourth-order valence-electron chi connectivity index (χ4n) is 4.60. The summed E-state index contributed by atoms with van der Waals surface area (Å²) >= 11 is 0. The van der Waals surface area contributed by atoms with E-state index in [1.165, 1.54) is 6.07 Å². The van der Waals surface area contributed by atoms with Gasteiger partial charge in [0.1, 0.15) is 0 Å². The van der Waals surface area contributed by atoms with Gasteiger partial charge in [0.15, 0.2) is 5.78 Å². The molecular formula is C26H19FN2O. The summed E-state index contributed by atoms with van der Waals surface area (Å²) in [7, 11) is 0. The fourth-order valence-corrected chi connectivity index (χ4v) is 4.60. The Bertz CT molecular complexity index is 1190. The van der Waals surface area contributed by atoms with Gasteiger partial charge in [0.2, 0.25) is 5.95 Å². The Hall–Kier alpha value is -3.66. The minimum Gasteiger partial charge on any atom is -0.289 e. The maximum atomic E-state index is 13.9. The van der Waals surface area contributed by atoms with Gasteiger partial charge in [-0.2, -0.15) is 4.39 Å². The number of pyridine rings is 2. The Morgan fingerprint density at radius 3 is 1.93 bits per heavy atom. The van der Waals surface area contributed by atoms with E-state index in [-0.39, 0.29) is 5.78 Å². The number of ketones is 1. The molecule has 0 fully saturated rings. The highest BCUT2D eigenvalue weighted by Gasteiger charge is 2.44. The van der Waals surface area contributed by atoms with Crippen molar-refractivity contribution in [3.05, 3.63) is 131 Å². The summed E-state index contributed by atoms with van der Waals surface area (Å²) in [6, 6.07) is 26.1. The predicted octanol–water partition coefficient (Wildman–Crippen LogP) is 4.93. The Labute approximate surface area is 174 Å². The van der Waals surface area contributed by atoms with Gasteiger partial charge in [-0.15, -0.1) is 0 Å². The third-order valence-electron chi connectivity index (χ3n) is 5.84. The predicted molar refractivity (Wildman–Crippen MR) is 113 cm³/mol. The van der Waals surface area contributed by atoms with E-state index < -0.39 is 11.4 Å². The third-order valence-corrected chi connectivity index (χ3v) is 5.84. The molecule has 4 heteroatoms. The van der Waals surface area contributed by atoms with Crippen LogP contribution in [0.2, 0.25) is 0 Å². The zero-order chi connectivity index (χ0) is 20.6. The Morgan fingerprint density at radius 1 is 0.700 bits per heavy atom. The molecule has 146 valence electrons. The molecule has 5 rings (SSSR count). The molecule has 0 bridgehead atoms. The van der Waals surface area contributed by atoms with Gasteiger partial charge >= 0.3 is 0 Å². The van der Waals surface area contributed by atoms with Crippen molar-refractivity contribution >= 4 is 5.78 Å². The van der Waals surface area contributed by atoms with E-state index in [9.17, 15) is 9.18 Å². The van der Waals surface area contributed by atoms with Crippen LogP contribution in [0.3, 0.4) is 0 Å². The third kappa shape index (κ3) is 3.01. The highest BCUT2D eigenvalue weighted by Crippen LogP contribution is 2.45. The quantitative estimate of drug-likeness (QED) is 0.461. The second kappa shape index (κ2) is 7.30. The molecule has 2 aromatic carbocycles. The van der Waals surface area contributed by atoms with Gasteiger partial charge in [0.05, 0.1) is 0 Å². The number of rotatable bonds is 4. The van der Waals surface area contributed by atoms with Gasteiger partial charge in [0.25, 0.3) is 0 Å². The van der Waals surface area contributed by atoms with Crippen molar-refractivity contribution in [2.24, 2.45) is 0 Å². The van der Waals surface area contributed by atoms with Crippen LogP contribution in [-0.4, -0.2) is 15.8 Å². The Morgan fingerprint density at radius 2 is 1.30 bits per heavy atom. The molecule has 0 saturated heterocycles. The molecule has 30 heavy (non-hydrogen) atoms. The van der Waals surface area contributed by atoms with Crippen molar-refractivity contribution in [1.82, 2.24) is 9.97 Å². The summed E-state index contributed by atoms with van der Waals surface area (Å²) in [5, 5.41) is 0. The monoisotopic (exact) mass is 394 g/mol. The summed E-state index contributed by atoms with van der Waals surface area (Å²) in [6.07, 6.45) is 2.81. The average molecular weight is 394 g/mol. The fraction of sp³-hybridized carbons (Fsp3) is 0.115. The van der Waals surface area contributed by atoms with Crippen LogP contribution in [0.25, 0.3) is 0 Å². The van der Waals surface area contributed by atoms with E-state index in [0.717, 1.165) is 16.8 Å². The largest absolute Gasteiger partial charge is 0.289 e. The first-order valence-corrected chi connectivity index (χ1v) is 9.92. The summed E-state index contributed by atoms with van der Waals surface area (Å²) in [5.74, 6) is -0.487. The van der Waals surface area contributed by atoms with Gasteiger partial charge in [-0.1, -0.05) is 60.7 Å². The van der Waals surface area contributed by atoms with Crippen molar-refractivity contribution in [3.8, 4) is 0 Å². The summed E-state index contributed by atoms with van der Waals surface area (Å²) in [4.78, 5) is 22.0. The molecule has 0 spiro atoms. The minimum atomic E-state index is -0.587. The molecule has 0 atom stereocenters. The molecule has 2 heterocycles. The van der Waals surface area contributed by atoms with E-state index in [4.69, 9.17) is 0 Å². The molecule has 4 aromatic rings. The summed E-state index contributed by atoms with van der Waals surface area (Å²) in [6.45, 7) is 0. The highest BCUT2D eigenvalue weighted by atomic mass is 19.1. The first-order chi connectivity index (χ1) is 14.7. The van der Waals surface area contributed by atoms with Crippen molar-refractivity contribution in [2.45, 2.75) is 18.3 Å². The van der Waals surface area contributed by atoms with E-state index in [1.807, 2.05) is 72.8 Å². The number of hydrogen-bond donors (Lipinski definition) is 0. The van der Waals surface area contributed by atoms with Crippen LogP contribution in [-0.2, 0) is 18.3 Å². The first-order valence-electron chi connectivity index (χ1n) is 9.92. The van der Waals surface area contributed by atoms with Crippen LogP contribution in [0.4, 0.5) is 4.39 Å². The van der Waals surface area contributed by atoms with Gasteiger partial charge in [0, 0.05) is 47.0 Å². The second-order valence-corrected chi connectivity index (χ2v) is 7.63. The van der Waals surface area contributed by atoms with Crippen LogP contribution in [0.5, 0.6) is 0 Å². The number of fused-ring (bicyclic) bond motifs is 2.